The first-order chi connectivity index (χ1) is 19.6. The fourth-order valence-corrected chi connectivity index (χ4v) is 4.48. The van der Waals surface area contributed by atoms with E-state index in [0.29, 0.717) is 18.4 Å². The molecule has 0 saturated carbocycles. The van der Waals surface area contributed by atoms with Gasteiger partial charge in [-0.3, -0.25) is 14.4 Å². The minimum Gasteiger partial charge on any atom is -0.439 e. The Morgan fingerprint density at radius 2 is 1.66 bits per heavy atom. The summed E-state index contributed by atoms with van der Waals surface area (Å²) in [4.78, 5) is 50.0. The van der Waals surface area contributed by atoms with Gasteiger partial charge in [0.1, 0.15) is 12.2 Å². The number of hydrogen-bond acceptors (Lipinski definition) is 10. The van der Waals surface area contributed by atoms with E-state index in [1.54, 1.807) is 26.2 Å². The molecule has 1 aliphatic heterocycles. The van der Waals surface area contributed by atoms with Gasteiger partial charge < -0.3 is 34.2 Å². The Morgan fingerprint density at radius 1 is 1.00 bits per heavy atom. The number of Topliss-reactive ketones (excluding diaryl/α,β-unsaturated/α-hetero) is 1. The van der Waals surface area contributed by atoms with Crippen LogP contribution in [0, 0.1) is 0 Å². The van der Waals surface area contributed by atoms with E-state index in [-0.39, 0.29) is 23.3 Å². The Labute approximate surface area is 247 Å². The van der Waals surface area contributed by atoms with E-state index in [1.807, 2.05) is 19.9 Å². The van der Waals surface area contributed by atoms with Gasteiger partial charge in [-0.15, -0.1) is 0 Å². The first-order valence-electron chi connectivity index (χ1n) is 13.3. The first-order valence-corrected chi connectivity index (χ1v) is 13.6. The van der Waals surface area contributed by atoms with E-state index in [2.05, 4.69) is 18.2 Å². The van der Waals surface area contributed by atoms with Gasteiger partial charge in [0.15, 0.2) is 11.9 Å². The van der Waals surface area contributed by atoms with Crippen LogP contribution in [0.25, 0.3) is 0 Å². The largest absolute Gasteiger partial charge is 0.439 e. The van der Waals surface area contributed by atoms with Crippen LogP contribution in [-0.4, -0.2) is 75.4 Å². The zero-order chi connectivity index (χ0) is 31.1. The van der Waals surface area contributed by atoms with E-state index >= 15 is 0 Å². The molecule has 12 heteroatoms. The number of fused-ring (bicyclic) bond motifs is 2. The molecule has 2 aliphatic rings. The number of hydrogen-bond donors (Lipinski definition) is 3. The summed E-state index contributed by atoms with van der Waals surface area (Å²) in [5.41, 5.74) is 6.12. The molecule has 41 heavy (non-hydrogen) atoms. The number of nitrogens with two attached hydrogens (primary N) is 1. The van der Waals surface area contributed by atoms with Crippen molar-refractivity contribution in [3.05, 3.63) is 58.9 Å². The molecule has 5 unspecified atom stereocenters. The van der Waals surface area contributed by atoms with Crippen LogP contribution in [0.5, 0.6) is 0 Å². The van der Waals surface area contributed by atoms with Gasteiger partial charge in [-0.2, -0.15) is 0 Å². The Hall–Kier alpha value is -3.03. The quantitative estimate of drug-likeness (QED) is 0.188. The number of primary amides is 1. The highest BCUT2D eigenvalue weighted by molar-refractivity contribution is 7.75. The predicted octanol–water partition coefficient (Wildman–Crippen LogP) is 3.46. The van der Waals surface area contributed by atoms with E-state index in [9.17, 15) is 19.2 Å². The molecule has 2 rings (SSSR count). The topological polar surface area (TPSA) is 152 Å². The number of thiol groups is 1. The monoisotopic (exact) mass is 594 g/mol. The zero-order valence-corrected chi connectivity index (χ0v) is 25.6. The highest BCUT2D eigenvalue weighted by Gasteiger charge is 2.32. The van der Waals surface area contributed by atoms with Crippen LogP contribution in [0.4, 0.5) is 4.79 Å². The maximum absolute atomic E-state index is 13.2. The van der Waals surface area contributed by atoms with Crippen molar-refractivity contribution in [3.63, 3.8) is 0 Å². The van der Waals surface area contributed by atoms with Gasteiger partial charge in [0.25, 0.3) is 5.91 Å². The Kier molecular flexibility index (Phi) is 16.2. The average Bonchev–Trinajstić information content (AvgIpc) is 2.95. The van der Waals surface area contributed by atoms with Crippen molar-refractivity contribution in [1.29, 1.82) is 0 Å². The van der Waals surface area contributed by atoms with Crippen molar-refractivity contribution in [2.75, 3.05) is 21.3 Å². The molecular weight excluding hydrogens is 552 g/mol. The molecule has 1 heterocycles. The molecule has 0 saturated heterocycles. The average molecular weight is 595 g/mol. The van der Waals surface area contributed by atoms with Gasteiger partial charge in [0.05, 0.1) is 17.9 Å². The first kappa shape index (κ1) is 36.0. The molecule has 3 N–H and O–H groups in total. The molecule has 0 aromatic heterocycles. The lowest BCUT2D eigenvalue weighted by molar-refractivity contribution is -0.120. The van der Waals surface area contributed by atoms with Gasteiger partial charge in [0, 0.05) is 38.6 Å². The lowest BCUT2D eigenvalue weighted by atomic mass is 9.91. The lowest BCUT2D eigenvalue weighted by Gasteiger charge is -2.27. The van der Waals surface area contributed by atoms with E-state index in [1.165, 1.54) is 33.3 Å². The molecule has 0 radical (unpaired) electrons. The molecule has 5 atom stereocenters. The summed E-state index contributed by atoms with van der Waals surface area (Å²) in [6.07, 6.45) is 5.49. The molecular formula is C29H42N2O9S. The van der Waals surface area contributed by atoms with E-state index in [0.717, 1.165) is 6.08 Å². The van der Waals surface area contributed by atoms with Crippen LogP contribution in [0.3, 0.4) is 0 Å². The summed E-state index contributed by atoms with van der Waals surface area (Å²) in [6, 6.07) is 0. The van der Waals surface area contributed by atoms with Crippen LogP contribution < -0.4 is 11.1 Å². The number of nitrogens with one attached hydrogen (secondary N) is 1. The van der Waals surface area contributed by atoms with Gasteiger partial charge in [-0.05, 0) is 57.7 Å². The van der Waals surface area contributed by atoms with Crippen LogP contribution in [0.2, 0.25) is 0 Å². The van der Waals surface area contributed by atoms with Crippen LogP contribution in [-0.2, 0) is 37.5 Å². The molecule has 2 amide bonds. The summed E-state index contributed by atoms with van der Waals surface area (Å²) >= 11 is 3.93. The summed E-state index contributed by atoms with van der Waals surface area (Å²) in [6.45, 7) is 7.31. The Balaban J connectivity index is 0.00000411. The third-order valence-corrected chi connectivity index (χ3v) is 6.74. The normalized spacial score (nSPS) is 29.8. The van der Waals surface area contributed by atoms with E-state index < -0.39 is 54.1 Å². The number of allylic oxidation sites excluding steroid dienone is 5. The van der Waals surface area contributed by atoms with Crippen molar-refractivity contribution in [2.24, 2.45) is 5.73 Å². The summed E-state index contributed by atoms with van der Waals surface area (Å²) < 4.78 is 27.5. The molecule has 0 aromatic rings. The number of rotatable bonds is 5. The second-order valence-electron chi connectivity index (χ2n) is 9.04. The van der Waals surface area contributed by atoms with Crippen molar-refractivity contribution in [1.82, 2.24) is 5.32 Å². The van der Waals surface area contributed by atoms with Crippen LogP contribution in [0.15, 0.2) is 58.9 Å². The third kappa shape index (κ3) is 10.7. The molecule has 1 aliphatic carbocycles. The molecule has 0 fully saturated rings. The standard InChI is InChI=1S/C27H36N2O9S.C2H6/c1-15-9-10-21(34-3)22(35-4)12-11-20(38-39)18-13-17(30)14-19(24(18)31)29-26(32)16(2)7-6-8-23(36-5)25(15)37-27(28)33;1-2/h6-9,13-14,20-23,25,39H,10-12H2,1-5H3,(H2,28,33)(H,29,32);1-2H3/b8-6-,15-9+,16-7+;. The lowest BCUT2D eigenvalue weighted by Crippen LogP contribution is -2.36. The Bertz CT molecular complexity index is 1090. The fourth-order valence-electron chi connectivity index (χ4n) is 4.26. The minimum atomic E-state index is -0.976. The van der Waals surface area contributed by atoms with Crippen molar-refractivity contribution < 1.29 is 42.3 Å². The molecule has 2 bridgehead atoms. The van der Waals surface area contributed by atoms with Gasteiger partial charge in [0.2, 0.25) is 5.78 Å². The molecule has 0 aromatic carbocycles. The van der Waals surface area contributed by atoms with E-state index in [4.69, 9.17) is 28.9 Å². The van der Waals surface area contributed by atoms with Gasteiger partial charge in [-0.1, -0.05) is 38.2 Å². The number of ether oxygens (including phenoxy) is 4. The molecule has 0 spiro atoms. The fraction of sp³-hybridized carbons (Fsp3) is 0.517. The highest BCUT2D eigenvalue weighted by Crippen LogP contribution is 2.25. The predicted molar refractivity (Wildman–Crippen MR) is 157 cm³/mol. The summed E-state index contributed by atoms with van der Waals surface area (Å²) in [5, 5.41) is 2.50. The molecule has 228 valence electrons. The number of methoxy groups -OCH3 is 3. The second-order valence-corrected chi connectivity index (χ2v) is 9.25. The summed E-state index contributed by atoms with van der Waals surface area (Å²) in [5.74, 6) is -1.61. The maximum Gasteiger partial charge on any atom is 0.405 e. The Morgan fingerprint density at radius 3 is 2.22 bits per heavy atom. The number of carbonyl (C=O) groups excluding carboxylic acids is 4. The second kappa shape index (κ2) is 18.4. The minimum absolute atomic E-state index is 0.0705. The maximum atomic E-state index is 13.2. The smallest absolute Gasteiger partial charge is 0.405 e. The number of amides is 2. The number of carbonyl (C=O) groups is 4. The van der Waals surface area contributed by atoms with Crippen molar-refractivity contribution in [2.45, 2.75) is 77.5 Å². The highest BCUT2D eigenvalue weighted by atomic mass is 32.1. The zero-order valence-electron chi connectivity index (χ0n) is 24.7. The van der Waals surface area contributed by atoms with Gasteiger partial charge in [-0.25, -0.2) is 4.79 Å². The van der Waals surface area contributed by atoms with Crippen LogP contribution in [0.1, 0.15) is 47.0 Å². The number of ketones is 2. The van der Waals surface area contributed by atoms with Gasteiger partial charge >= 0.3 is 6.09 Å². The van der Waals surface area contributed by atoms with Crippen LogP contribution >= 0.6 is 12.9 Å². The molecule has 11 nitrogen and oxygen atoms in total. The summed E-state index contributed by atoms with van der Waals surface area (Å²) in [7, 11) is 4.52. The van der Waals surface area contributed by atoms with Crippen molar-refractivity contribution >= 4 is 36.5 Å². The third-order valence-electron chi connectivity index (χ3n) is 6.49. The van der Waals surface area contributed by atoms with Crippen molar-refractivity contribution in [3.8, 4) is 0 Å². The SMILES string of the molecule is CC.COC1/C=C\C=C(/C)C(=O)NC2=CC(=O)C=C(C2=O)C(OS)CCC(OC)C(OC)C/C=C(\C)C1OC(N)=O.